The molecule has 0 unspecified atom stereocenters. The van der Waals surface area contributed by atoms with Crippen molar-refractivity contribution in [2.24, 2.45) is 0 Å². The van der Waals surface area contributed by atoms with Gasteiger partial charge in [-0.15, -0.1) is 12.6 Å². The Kier molecular flexibility index (Phi) is 7.37. The number of thiol groups is 1. The van der Waals surface area contributed by atoms with Gasteiger partial charge in [0.25, 0.3) is 0 Å². The Labute approximate surface area is 294 Å². The fraction of sp³-hybridized carbons (Fsp3) is 0.0227. The molecule has 6 aromatic carbocycles. The van der Waals surface area contributed by atoms with Crippen LogP contribution < -0.4 is 0 Å². The van der Waals surface area contributed by atoms with E-state index in [2.05, 4.69) is 126 Å². The normalized spacial score (nSPS) is 11.4. The van der Waals surface area contributed by atoms with Crippen LogP contribution in [0.4, 0.5) is 0 Å². The monoisotopic (exact) mass is 659 g/mol. The van der Waals surface area contributed by atoms with Crippen molar-refractivity contribution in [3.8, 4) is 56.4 Å². The Balaban J connectivity index is 1.31. The number of hydrogen-bond donors (Lipinski definition) is 1. The highest BCUT2D eigenvalue weighted by Gasteiger charge is 2.20. The van der Waals surface area contributed by atoms with Crippen LogP contribution in [0.2, 0.25) is 0 Å². The molecule has 5 nitrogen and oxygen atoms in total. The topological polar surface area (TPSA) is 64.5 Å². The van der Waals surface area contributed by atoms with Crippen LogP contribution in [0.1, 0.15) is 5.56 Å². The van der Waals surface area contributed by atoms with Crippen molar-refractivity contribution in [3.63, 3.8) is 0 Å². The summed E-state index contributed by atoms with van der Waals surface area (Å²) in [7, 11) is 0. The first-order valence-corrected chi connectivity index (χ1v) is 16.9. The number of fused-ring (bicyclic) bond motifs is 5. The van der Waals surface area contributed by atoms with Crippen molar-refractivity contribution >= 4 is 45.1 Å². The number of nitrogens with zero attached hydrogens (tertiary/aromatic N) is 5. The van der Waals surface area contributed by atoms with Crippen molar-refractivity contribution in [1.29, 1.82) is 0 Å². The summed E-state index contributed by atoms with van der Waals surface area (Å²) in [5.41, 5.74) is 8.99. The van der Waals surface area contributed by atoms with E-state index >= 15 is 0 Å². The number of hydrogen-bond acceptors (Lipinski definition) is 6. The van der Waals surface area contributed by atoms with Gasteiger partial charge in [0.1, 0.15) is 0 Å². The largest absolute Gasteiger partial charge is 0.264 e. The molecule has 9 aromatic rings. The lowest BCUT2D eigenvalue weighted by Gasteiger charge is -2.16. The van der Waals surface area contributed by atoms with Gasteiger partial charge in [0.15, 0.2) is 17.5 Å². The second kappa shape index (κ2) is 12.3. The molecule has 0 saturated carbocycles. The van der Waals surface area contributed by atoms with E-state index in [1.807, 2.05) is 36.7 Å². The van der Waals surface area contributed by atoms with Crippen molar-refractivity contribution < 1.29 is 0 Å². The average molecular weight is 660 g/mol. The molecule has 3 aromatic heterocycles. The van der Waals surface area contributed by atoms with Crippen molar-refractivity contribution in [2.75, 3.05) is 0 Å². The molecule has 0 N–H and O–H groups in total. The molecule has 0 aliphatic heterocycles. The molecule has 50 heavy (non-hydrogen) atoms. The molecule has 0 spiro atoms. The van der Waals surface area contributed by atoms with E-state index in [0.717, 1.165) is 81.9 Å². The Morgan fingerprint density at radius 3 is 2.04 bits per heavy atom. The van der Waals surface area contributed by atoms with Gasteiger partial charge < -0.3 is 0 Å². The van der Waals surface area contributed by atoms with E-state index in [-0.39, 0.29) is 0 Å². The minimum Gasteiger partial charge on any atom is -0.264 e. The molecule has 0 amide bonds. The molecule has 0 bridgehead atoms. The van der Waals surface area contributed by atoms with Gasteiger partial charge in [0, 0.05) is 56.5 Å². The first-order valence-electron chi connectivity index (χ1n) is 16.5. The fourth-order valence-corrected chi connectivity index (χ4v) is 7.16. The zero-order valence-corrected chi connectivity index (χ0v) is 28.0. The summed E-state index contributed by atoms with van der Waals surface area (Å²) in [5.74, 6) is 1.78. The van der Waals surface area contributed by atoms with Gasteiger partial charge in [0.2, 0.25) is 0 Å². The highest BCUT2D eigenvalue weighted by Crippen LogP contribution is 2.40. The maximum atomic E-state index is 5.26. The third kappa shape index (κ3) is 5.18. The van der Waals surface area contributed by atoms with Crippen LogP contribution in [0.3, 0.4) is 0 Å². The van der Waals surface area contributed by atoms with Crippen molar-refractivity contribution in [1.82, 2.24) is 24.9 Å². The van der Waals surface area contributed by atoms with E-state index in [9.17, 15) is 0 Å². The van der Waals surface area contributed by atoms with Gasteiger partial charge >= 0.3 is 0 Å². The Morgan fingerprint density at radius 2 is 1.20 bits per heavy atom. The minimum atomic E-state index is 0.583. The Bertz CT molecular complexity index is 2730. The zero-order valence-electron chi connectivity index (χ0n) is 27.1. The van der Waals surface area contributed by atoms with Gasteiger partial charge in [-0.3, -0.25) is 9.97 Å². The second-order valence-electron chi connectivity index (χ2n) is 12.3. The molecule has 0 fully saturated rings. The molecular weight excluding hydrogens is 631 g/mol. The summed E-state index contributed by atoms with van der Waals surface area (Å²) in [6.45, 7) is 2.10. The van der Waals surface area contributed by atoms with Gasteiger partial charge in [-0.25, -0.2) is 15.0 Å². The van der Waals surface area contributed by atoms with Crippen LogP contribution in [-0.4, -0.2) is 24.9 Å². The van der Waals surface area contributed by atoms with E-state index in [1.165, 1.54) is 0 Å². The van der Waals surface area contributed by atoms with E-state index in [0.29, 0.717) is 17.5 Å². The van der Waals surface area contributed by atoms with Crippen LogP contribution in [0.15, 0.2) is 157 Å². The lowest BCUT2D eigenvalue weighted by atomic mass is 9.94. The fourth-order valence-electron chi connectivity index (χ4n) is 6.92. The maximum absolute atomic E-state index is 5.26. The van der Waals surface area contributed by atoms with Crippen LogP contribution in [0.25, 0.3) is 88.9 Å². The summed E-state index contributed by atoms with van der Waals surface area (Å²) >= 11 is 4.81. The lowest BCUT2D eigenvalue weighted by Crippen LogP contribution is -2.02. The summed E-state index contributed by atoms with van der Waals surface area (Å²) < 4.78 is 0. The zero-order chi connectivity index (χ0) is 33.6. The van der Waals surface area contributed by atoms with Crippen molar-refractivity contribution in [2.45, 2.75) is 11.8 Å². The number of rotatable bonds is 5. The lowest BCUT2D eigenvalue weighted by molar-refractivity contribution is 1.08. The molecule has 0 aliphatic carbocycles. The van der Waals surface area contributed by atoms with Crippen molar-refractivity contribution in [3.05, 3.63) is 158 Å². The van der Waals surface area contributed by atoms with Crippen LogP contribution in [0, 0.1) is 6.92 Å². The molecule has 6 heteroatoms. The van der Waals surface area contributed by atoms with Crippen LogP contribution >= 0.6 is 12.6 Å². The minimum absolute atomic E-state index is 0.583. The summed E-state index contributed by atoms with van der Waals surface area (Å²) in [6, 6.07) is 46.0. The Hall–Kier alpha value is -6.24. The van der Waals surface area contributed by atoms with E-state index in [1.54, 1.807) is 6.20 Å². The molecular formula is C44H29N5S. The first-order chi connectivity index (χ1) is 24.6. The molecule has 0 radical (unpaired) electrons. The standard InChI is InChI=1S/C44H29N5S/c1-27-8-5-12-35(40(27)37-26-45-25-23-39(37)50)43-47-42(31-17-15-29(16-18-31)28-9-3-2-4-10-28)48-44(49-43)36-13-6-11-30-19-20-32-33-14-7-24-46-38(33)22-21-34(32)41(30)36/h2-26H,1H3,(H,45,50). The molecule has 0 atom stereocenters. The average Bonchev–Trinajstić information content (AvgIpc) is 3.18. The molecule has 3 heterocycles. The smallest absolute Gasteiger partial charge is 0.164 e. The van der Waals surface area contributed by atoms with E-state index < -0.39 is 0 Å². The summed E-state index contributed by atoms with van der Waals surface area (Å²) in [6.07, 6.45) is 5.45. The predicted molar refractivity (Wildman–Crippen MR) is 207 cm³/mol. The van der Waals surface area contributed by atoms with Gasteiger partial charge in [-0.05, 0) is 63.5 Å². The first kappa shape index (κ1) is 29.9. The van der Waals surface area contributed by atoms with Gasteiger partial charge in [0.05, 0.1) is 5.52 Å². The van der Waals surface area contributed by atoms with E-state index in [4.69, 9.17) is 27.6 Å². The molecule has 9 rings (SSSR count). The van der Waals surface area contributed by atoms with Gasteiger partial charge in [-0.1, -0.05) is 115 Å². The number of aryl methyl sites for hydroxylation is 1. The van der Waals surface area contributed by atoms with Gasteiger partial charge in [-0.2, -0.15) is 0 Å². The van der Waals surface area contributed by atoms with Crippen LogP contribution in [-0.2, 0) is 0 Å². The highest BCUT2D eigenvalue weighted by atomic mass is 32.1. The number of pyridine rings is 2. The molecule has 0 saturated heterocycles. The number of aromatic nitrogens is 5. The molecule has 236 valence electrons. The summed E-state index contributed by atoms with van der Waals surface area (Å²) in [4.78, 5) is 25.5. The maximum Gasteiger partial charge on any atom is 0.164 e. The Morgan fingerprint density at radius 1 is 0.480 bits per heavy atom. The quantitative estimate of drug-likeness (QED) is 0.147. The second-order valence-corrected chi connectivity index (χ2v) is 12.8. The third-order valence-electron chi connectivity index (χ3n) is 9.33. The highest BCUT2D eigenvalue weighted by molar-refractivity contribution is 7.80. The SMILES string of the molecule is Cc1cccc(-c2nc(-c3ccc(-c4ccccc4)cc3)nc(-c3cccc4ccc5c6cccnc6ccc5c34)n2)c1-c1cnccc1S. The number of benzene rings is 6. The van der Waals surface area contributed by atoms with Crippen LogP contribution in [0.5, 0.6) is 0 Å². The predicted octanol–water partition coefficient (Wildman–Crippen LogP) is 11.1. The molecule has 0 aliphatic rings. The summed E-state index contributed by atoms with van der Waals surface area (Å²) in [5, 5.41) is 5.58. The third-order valence-corrected chi connectivity index (χ3v) is 9.72.